The Morgan fingerprint density at radius 2 is 2.06 bits per heavy atom. The molecule has 0 spiro atoms. The van der Waals surface area contributed by atoms with Gasteiger partial charge in [0.25, 0.3) is 0 Å². The molecular weight excluding hydrogens is 230 g/mol. The van der Waals surface area contributed by atoms with Crippen molar-refractivity contribution in [3.05, 3.63) is 35.4 Å². The summed E-state index contributed by atoms with van der Waals surface area (Å²) >= 11 is 5.75. The molecule has 0 saturated heterocycles. The van der Waals surface area contributed by atoms with Crippen LogP contribution in [0.1, 0.15) is 30.9 Å². The number of benzene rings is 1. The van der Waals surface area contributed by atoms with Crippen LogP contribution < -0.4 is 0 Å². The molecule has 0 aliphatic rings. The number of rotatable bonds is 7. The second-order valence-corrected chi connectivity index (χ2v) is 5.48. The van der Waals surface area contributed by atoms with E-state index in [0.29, 0.717) is 0 Å². The third kappa shape index (κ3) is 6.09. The minimum atomic E-state index is 0.729. The summed E-state index contributed by atoms with van der Waals surface area (Å²) in [5.74, 6) is 1.51. The molecule has 0 heterocycles. The molecule has 1 rings (SSSR count). The first-order valence-corrected chi connectivity index (χ1v) is 6.95. The highest BCUT2D eigenvalue weighted by atomic mass is 35.5. The number of aryl methyl sites for hydroxylation is 1. The first-order chi connectivity index (χ1) is 8.11. The highest BCUT2D eigenvalue weighted by Gasteiger charge is 2.05. The molecule has 2 heteroatoms. The van der Waals surface area contributed by atoms with Gasteiger partial charge in [-0.3, -0.25) is 0 Å². The van der Waals surface area contributed by atoms with Gasteiger partial charge in [0.05, 0.1) is 0 Å². The molecule has 96 valence electrons. The van der Waals surface area contributed by atoms with E-state index in [2.05, 4.69) is 50.1 Å². The Bertz CT molecular complexity index is 324. The van der Waals surface area contributed by atoms with Crippen molar-refractivity contribution < 1.29 is 0 Å². The van der Waals surface area contributed by atoms with E-state index in [4.69, 9.17) is 11.6 Å². The zero-order valence-corrected chi connectivity index (χ0v) is 12.0. The van der Waals surface area contributed by atoms with Gasteiger partial charge in [0.1, 0.15) is 0 Å². The van der Waals surface area contributed by atoms with Gasteiger partial charge >= 0.3 is 0 Å². The third-order valence-corrected chi connectivity index (χ3v) is 3.36. The van der Waals surface area contributed by atoms with Crippen LogP contribution in [0.15, 0.2) is 24.3 Å². The summed E-state index contributed by atoms with van der Waals surface area (Å²) in [5.41, 5.74) is 2.74. The summed E-state index contributed by atoms with van der Waals surface area (Å²) in [7, 11) is 2.19. The van der Waals surface area contributed by atoms with Crippen LogP contribution in [0, 0.1) is 12.8 Å². The van der Waals surface area contributed by atoms with Crippen molar-refractivity contribution in [2.24, 2.45) is 5.92 Å². The van der Waals surface area contributed by atoms with Crippen molar-refractivity contribution in [2.75, 3.05) is 19.5 Å². The maximum absolute atomic E-state index is 5.75. The van der Waals surface area contributed by atoms with Crippen LogP contribution in [0.2, 0.25) is 0 Å². The second kappa shape index (κ2) is 7.73. The van der Waals surface area contributed by atoms with Crippen molar-refractivity contribution in [1.82, 2.24) is 4.90 Å². The standard InChI is InChI=1S/C15H24ClN/c1-13(7-9-16)8-10-17(3)12-15-6-4-5-14(2)11-15/h4-6,11,13H,7-10,12H2,1-3H3. The molecule has 0 aliphatic carbocycles. The van der Waals surface area contributed by atoms with E-state index in [0.717, 1.165) is 31.3 Å². The number of hydrogen-bond donors (Lipinski definition) is 0. The predicted octanol–water partition coefficient (Wildman–Crippen LogP) is 4.08. The Morgan fingerprint density at radius 1 is 1.29 bits per heavy atom. The van der Waals surface area contributed by atoms with E-state index >= 15 is 0 Å². The lowest BCUT2D eigenvalue weighted by atomic mass is 10.0. The van der Waals surface area contributed by atoms with Gasteiger partial charge in [-0.25, -0.2) is 0 Å². The molecule has 0 bridgehead atoms. The molecule has 1 aromatic rings. The molecule has 0 N–H and O–H groups in total. The van der Waals surface area contributed by atoms with Gasteiger partial charge in [0.15, 0.2) is 0 Å². The van der Waals surface area contributed by atoms with Crippen LogP contribution in [-0.4, -0.2) is 24.4 Å². The van der Waals surface area contributed by atoms with E-state index in [-0.39, 0.29) is 0 Å². The van der Waals surface area contributed by atoms with Crippen molar-refractivity contribution in [2.45, 2.75) is 33.2 Å². The van der Waals surface area contributed by atoms with E-state index in [1.807, 2.05) is 0 Å². The Labute approximate surface area is 111 Å². The Kier molecular flexibility index (Phi) is 6.61. The molecule has 0 aliphatic heterocycles. The van der Waals surface area contributed by atoms with Gasteiger partial charge in [-0.05, 0) is 44.8 Å². The average Bonchev–Trinajstić information content (AvgIpc) is 2.27. The van der Waals surface area contributed by atoms with Crippen molar-refractivity contribution >= 4 is 11.6 Å². The highest BCUT2D eigenvalue weighted by Crippen LogP contribution is 2.11. The van der Waals surface area contributed by atoms with Gasteiger partial charge in [0, 0.05) is 12.4 Å². The lowest BCUT2D eigenvalue weighted by molar-refractivity contribution is 0.296. The first-order valence-electron chi connectivity index (χ1n) is 6.42. The van der Waals surface area contributed by atoms with E-state index in [1.165, 1.54) is 17.5 Å². The Hall–Kier alpha value is -0.530. The molecule has 1 nitrogen and oxygen atoms in total. The topological polar surface area (TPSA) is 3.24 Å². The molecule has 1 unspecified atom stereocenters. The molecule has 0 aromatic heterocycles. The minimum Gasteiger partial charge on any atom is -0.302 e. The van der Waals surface area contributed by atoms with Gasteiger partial charge < -0.3 is 4.90 Å². The maximum Gasteiger partial charge on any atom is 0.0230 e. The van der Waals surface area contributed by atoms with Gasteiger partial charge in [-0.2, -0.15) is 0 Å². The van der Waals surface area contributed by atoms with E-state index in [1.54, 1.807) is 0 Å². The summed E-state index contributed by atoms with van der Waals surface area (Å²) in [4.78, 5) is 2.39. The molecule has 0 radical (unpaired) electrons. The summed E-state index contributed by atoms with van der Waals surface area (Å²) in [6, 6.07) is 8.74. The van der Waals surface area contributed by atoms with Crippen LogP contribution in [-0.2, 0) is 6.54 Å². The monoisotopic (exact) mass is 253 g/mol. The zero-order chi connectivity index (χ0) is 12.7. The number of nitrogens with zero attached hydrogens (tertiary/aromatic N) is 1. The molecule has 1 atom stereocenters. The van der Waals surface area contributed by atoms with Crippen molar-refractivity contribution in [3.8, 4) is 0 Å². The quantitative estimate of drug-likeness (QED) is 0.662. The molecule has 17 heavy (non-hydrogen) atoms. The molecular formula is C15H24ClN. The number of halogens is 1. The molecule has 1 aromatic carbocycles. The van der Waals surface area contributed by atoms with Crippen LogP contribution in [0.3, 0.4) is 0 Å². The smallest absolute Gasteiger partial charge is 0.0230 e. The van der Waals surface area contributed by atoms with Gasteiger partial charge in [0.2, 0.25) is 0 Å². The summed E-state index contributed by atoms with van der Waals surface area (Å²) in [6.45, 7) is 6.61. The fraction of sp³-hybridized carbons (Fsp3) is 0.600. The van der Waals surface area contributed by atoms with Crippen LogP contribution in [0.5, 0.6) is 0 Å². The van der Waals surface area contributed by atoms with Gasteiger partial charge in [-0.15, -0.1) is 11.6 Å². The highest BCUT2D eigenvalue weighted by molar-refractivity contribution is 6.17. The van der Waals surface area contributed by atoms with Crippen molar-refractivity contribution in [1.29, 1.82) is 0 Å². The fourth-order valence-electron chi connectivity index (χ4n) is 1.97. The number of alkyl halides is 1. The van der Waals surface area contributed by atoms with Crippen LogP contribution >= 0.6 is 11.6 Å². The van der Waals surface area contributed by atoms with Gasteiger partial charge in [-0.1, -0.05) is 36.8 Å². The van der Waals surface area contributed by atoms with Crippen LogP contribution in [0.25, 0.3) is 0 Å². The average molecular weight is 254 g/mol. The van der Waals surface area contributed by atoms with Crippen LogP contribution in [0.4, 0.5) is 0 Å². The normalized spacial score (nSPS) is 13.0. The Morgan fingerprint density at radius 3 is 2.71 bits per heavy atom. The summed E-state index contributed by atoms with van der Waals surface area (Å²) in [6.07, 6.45) is 2.36. The fourth-order valence-corrected chi connectivity index (χ4v) is 2.35. The summed E-state index contributed by atoms with van der Waals surface area (Å²) in [5, 5.41) is 0. The zero-order valence-electron chi connectivity index (χ0n) is 11.2. The third-order valence-electron chi connectivity index (χ3n) is 3.14. The van der Waals surface area contributed by atoms with Crippen molar-refractivity contribution in [3.63, 3.8) is 0 Å². The number of hydrogen-bond acceptors (Lipinski definition) is 1. The lowest BCUT2D eigenvalue weighted by Crippen LogP contribution is -2.21. The molecule has 0 amide bonds. The van der Waals surface area contributed by atoms with E-state index < -0.39 is 0 Å². The lowest BCUT2D eigenvalue weighted by Gasteiger charge is -2.19. The predicted molar refractivity (Wildman–Crippen MR) is 76.6 cm³/mol. The maximum atomic E-state index is 5.75. The molecule has 0 saturated carbocycles. The van der Waals surface area contributed by atoms with E-state index in [9.17, 15) is 0 Å². The summed E-state index contributed by atoms with van der Waals surface area (Å²) < 4.78 is 0. The second-order valence-electron chi connectivity index (χ2n) is 5.10. The first kappa shape index (κ1) is 14.5. The SMILES string of the molecule is Cc1cccc(CN(C)CCC(C)CCCl)c1. The largest absolute Gasteiger partial charge is 0.302 e. The Balaban J connectivity index is 2.32. The molecule has 0 fully saturated rings. The minimum absolute atomic E-state index is 0.729.